The van der Waals surface area contributed by atoms with Crippen LogP contribution in [-0.2, 0) is 0 Å². The smallest absolute Gasteiger partial charge is 0.353 e. The van der Waals surface area contributed by atoms with E-state index in [4.69, 9.17) is 16.7 Å². The first kappa shape index (κ1) is 13.1. The molecule has 98 valence electrons. The number of carbonyl (C=O) groups excluding carboxylic acids is 1. The van der Waals surface area contributed by atoms with Crippen LogP contribution in [0.3, 0.4) is 0 Å². The second-order valence-corrected chi connectivity index (χ2v) is 4.24. The van der Waals surface area contributed by atoms with Crippen molar-refractivity contribution in [3.8, 4) is 0 Å². The van der Waals surface area contributed by atoms with Gasteiger partial charge < -0.3 is 10.4 Å². The number of rotatable bonds is 3. The van der Waals surface area contributed by atoms with E-state index in [1.165, 1.54) is 6.07 Å². The van der Waals surface area contributed by atoms with Gasteiger partial charge >= 0.3 is 5.97 Å². The monoisotopic (exact) mass is 279 g/mol. The summed E-state index contributed by atoms with van der Waals surface area (Å²) in [5, 5.41) is 17.5. The number of nitrogens with one attached hydrogen (secondary N) is 2. The summed E-state index contributed by atoms with van der Waals surface area (Å²) in [6.45, 7) is 1.79. The molecule has 0 aliphatic heterocycles. The first-order valence-corrected chi connectivity index (χ1v) is 5.72. The van der Waals surface area contributed by atoms with E-state index in [0.717, 1.165) is 5.56 Å². The number of halogens is 1. The van der Waals surface area contributed by atoms with Crippen LogP contribution >= 0.6 is 11.6 Å². The number of H-pyrrole nitrogens is 1. The van der Waals surface area contributed by atoms with Gasteiger partial charge in [0.1, 0.15) is 5.69 Å². The molecule has 2 rings (SSSR count). The lowest BCUT2D eigenvalue weighted by atomic mass is 10.1. The fourth-order valence-corrected chi connectivity index (χ4v) is 1.71. The number of hydrogen-bond donors (Lipinski definition) is 3. The van der Waals surface area contributed by atoms with Crippen LogP contribution in [0.2, 0.25) is 5.02 Å². The number of amides is 1. The maximum absolute atomic E-state index is 12.0. The fourth-order valence-electron chi connectivity index (χ4n) is 1.50. The molecule has 1 aromatic heterocycles. The molecule has 0 unspecified atom stereocenters. The number of nitrogens with zero attached hydrogens (tertiary/aromatic N) is 1. The molecule has 2 aromatic rings. The molecule has 0 saturated heterocycles. The van der Waals surface area contributed by atoms with Crippen molar-refractivity contribution < 1.29 is 14.7 Å². The topological polar surface area (TPSA) is 95.1 Å². The number of aromatic nitrogens is 2. The largest absolute Gasteiger partial charge is 0.477 e. The summed E-state index contributed by atoms with van der Waals surface area (Å²) < 4.78 is 0. The summed E-state index contributed by atoms with van der Waals surface area (Å²) in [6, 6.07) is 6.30. The highest BCUT2D eigenvalue weighted by Gasteiger charge is 2.14. The third-order valence-corrected chi connectivity index (χ3v) is 2.99. The molecule has 3 N–H and O–H groups in total. The van der Waals surface area contributed by atoms with Gasteiger partial charge in [-0.1, -0.05) is 23.7 Å². The average molecular weight is 280 g/mol. The Bertz CT molecular complexity index is 651. The van der Waals surface area contributed by atoms with Crippen LogP contribution in [0, 0.1) is 6.92 Å². The number of carbonyl (C=O) groups is 2. The SMILES string of the molecule is Cc1cccc(C(=O)Nc2cc(C(=O)O)[nH]n2)c1Cl. The Morgan fingerprint density at radius 1 is 1.42 bits per heavy atom. The average Bonchev–Trinajstić information content (AvgIpc) is 2.81. The van der Waals surface area contributed by atoms with Gasteiger partial charge in [-0.05, 0) is 18.6 Å². The number of aryl methyl sites for hydroxylation is 1. The van der Waals surface area contributed by atoms with E-state index >= 15 is 0 Å². The molecule has 0 saturated carbocycles. The van der Waals surface area contributed by atoms with Crippen molar-refractivity contribution in [2.45, 2.75) is 6.92 Å². The molecule has 0 bridgehead atoms. The standard InChI is InChI=1S/C12H10ClN3O3/c1-6-3-2-4-7(10(6)13)11(17)14-9-5-8(12(18)19)15-16-9/h2-5H,1H3,(H,18,19)(H2,14,15,16,17). The number of aromatic carboxylic acids is 1. The third kappa shape index (κ3) is 2.74. The van der Waals surface area contributed by atoms with E-state index < -0.39 is 11.9 Å². The number of hydrogen-bond acceptors (Lipinski definition) is 3. The Morgan fingerprint density at radius 2 is 2.16 bits per heavy atom. The Balaban J connectivity index is 2.21. The molecular formula is C12H10ClN3O3. The van der Waals surface area contributed by atoms with Gasteiger partial charge in [0.05, 0.1) is 10.6 Å². The molecule has 0 fully saturated rings. The molecule has 19 heavy (non-hydrogen) atoms. The highest BCUT2D eigenvalue weighted by atomic mass is 35.5. The number of benzene rings is 1. The number of anilines is 1. The minimum absolute atomic E-state index is 0.106. The lowest BCUT2D eigenvalue weighted by Crippen LogP contribution is -2.13. The molecule has 1 heterocycles. The zero-order valence-electron chi connectivity index (χ0n) is 9.90. The van der Waals surface area contributed by atoms with Crippen molar-refractivity contribution >= 4 is 29.3 Å². The van der Waals surface area contributed by atoms with E-state index in [2.05, 4.69) is 15.5 Å². The van der Waals surface area contributed by atoms with E-state index in [9.17, 15) is 9.59 Å². The van der Waals surface area contributed by atoms with Crippen molar-refractivity contribution in [2.24, 2.45) is 0 Å². The van der Waals surface area contributed by atoms with Gasteiger partial charge in [0, 0.05) is 6.07 Å². The molecule has 0 aliphatic rings. The van der Waals surface area contributed by atoms with Crippen molar-refractivity contribution in [2.75, 3.05) is 5.32 Å². The number of aromatic amines is 1. The predicted octanol–water partition coefficient (Wildman–Crippen LogP) is 2.32. The molecule has 6 nitrogen and oxygen atoms in total. The van der Waals surface area contributed by atoms with Crippen LogP contribution in [-0.4, -0.2) is 27.2 Å². The Morgan fingerprint density at radius 3 is 2.79 bits per heavy atom. The van der Waals surface area contributed by atoms with Crippen molar-refractivity contribution in [3.63, 3.8) is 0 Å². The van der Waals surface area contributed by atoms with Crippen molar-refractivity contribution in [3.05, 3.63) is 46.1 Å². The quantitative estimate of drug-likeness (QED) is 0.803. The van der Waals surface area contributed by atoms with Crippen LogP contribution < -0.4 is 5.32 Å². The first-order valence-electron chi connectivity index (χ1n) is 5.34. The summed E-state index contributed by atoms with van der Waals surface area (Å²) in [5.41, 5.74) is 0.981. The molecule has 0 aliphatic carbocycles. The zero-order valence-corrected chi connectivity index (χ0v) is 10.7. The van der Waals surface area contributed by atoms with Crippen molar-refractivity contribution in [1.29, 1.82) is 0 Å². The Kier molecular flexibility index (Phi) is 3.52. The maximum atomic E-state index is 12.0. The van der Waals surface area contributed by atoms with Gasteiger partial charge in [0.25, 0.3) is 5.91 Å². The van der Waals surface area contributed by atoms with Gasteiger partial charge in [-0.15, -0.1) is 0 Å². The van der Waals surface area contributed by atoms with Gasteiger partial charge in [-0.2, -0.15) is 5.10 Å². The Hall–Kier alpha value is -2.34. The lowest BCUT2D eigenvalue weighted by Gasteiger charge is -2.05. The second-order valence-electron chi connectivity index (χ2n) is 3.86. The van der Waals surface area contributed by atoms with Crippen LogP contribution in [0.4, 0.5) is 5.82 Å². The third-order valence-electron chi connectivity index (χ3n) is 2.49. The summed E-state index contributed by atoms with van der Waals surface area (Å²) in [7, 11) is 0. The fraction of sp³-hybridized carbons (Fsp3) is 0.0833. The number of carboxylic acid groups (broad SMARTS) is 1. The van der Waals surface area contributed by atoms with E-state index in [-0.39, 0.29) is 11.5 Å². The minimum atomic E-state index is -1.15. The van der Waals surface area contributed by atoms with Gasteiger partial charge in [-0.3, -0.25) is 9.89 Å². The van der Waals surface area contributed by atoms with Gasteiger partial charge in [0.15, 0.2) is 5.82 Å². The zero-order chi connectivity index (χ0) is 14.0. The predicted molar refractivity (Wildman–Crippen MR) is 69.7 cm³/mol. The normalized spacial score (nSPS) is 10.2. The van der Waals surface area contributed by atoms with Crippen LogP contribution in [0.5, 0.6) is 0 Å². The van der Waals surface area contributed by atoms with E-state index in [1.54, 1.807) is 25.1 Å². The van der Waals surface area contributed by atoms with Crippen molar-refractivity contribution in [1.82, 2.24) is 10.2 Å². The molecule has 1 aromatic carbocycles. The molecular weight excluding hydrogens is 270 g/mol. The Labute approximate surface area is 113 Å². The minimum Gasteiger partial charge on any atom is -0.477 e. The molecule has 0 atom stereocenters. The molecule has 7 heteroatoms. The highest BCUT2D eigenvalue weighted by Crippen LogP contribution is 2.21. The lowest BCUT2D eigenvalue weighted by molar-refractivity contribution is 0.0690. The molecule has 0 spiro atoms. The summed E-state index contributed by atoms with van der Waals surface area (Å²) >= 11 is 6.03. The summed E-state index contributed by atoms with van der Waals surface area (Å²) in [4.78, 5) is 22.6. The van der Waals surface area contributed by atoms with Crippen LogP contribution in [0.1, 0.15) is 26.4 Å². The molecule has 1 amide bonds. The van der Waals surface area contributed by atoms with Gasteiger partial charge in [-0.25, -0.2) is 4.79 Å². The van der Waals surface area contributed by atoms with Crippen LogP contribution in [0.25, 0.3) is 0 Å². The maximum Gasteiger partial charge on any atom is 0.353 e. The number of carboxylic acids is 1. The molecule has 0 radical (unpaired) electrons. The van der Waals surface area contributed by atoms with Crippen LogP contribution in [0.15, 0.2) is 24.3 Å². The van der Waals surface area contributed by atoms with E-state index in [1.807, 2.05) is 0 Å². The van der Waals surface area contributed by atoms with Gasteiger partial charge in [0.2, 0.25) is 0 Å². The summed E-state index contributed by atoms with van der Waals surface area (Å²) in [6.07, 6.45) is 0. The van der Waals surface area contributed by atoms with E-state index in [0.29, 0.717) is 10.6 Å². The second kappa shape index (κ2) is 5.11. The first-order chi connectivity index (χ1) is 8.99. The summed E-state index contributed by atoms with van der Waals surface area (Å²) in [5.74, 6) is -1.47. The highest BCUT2D eigenvalue weighted by molar-refractivity contribution is 6.35.